The number of halogens is 1. The number of nitrogens with zero attached hydrogens (tertiary/aromatic N) is 2. The average Bonchev–Trinajstić information content (AvgIpc) is 2.76. The van der Waals surface area contributed by atoms with Gasteiger partial charge in [0, 0.05) is 22.3 Å². The molecule has 22 heavy (non-hydrogen) atoms. The van der Waals surface area contributed by atoms with Gasteiger partial charge in [-0.1, -0.05) is 13.8 Å². The first-order valence-electron chi connectivity index (χ1n) is 8.00. The summed E-state index contributed by atoms with van der Waals surface area (Å²) in [4.78, 5) is 16.7. The van der Waals surface area contributed by atoms with Crippen molar-refractivity contribution in [2.24, 2.45) is 5.92 Å². The van der Waals surface area contributed by atoms with Gasteiger partial charge in [-0.25, -0.2) is 4.79 Å². The summed E-state index contributed by atoms with van der Waals surface area (Å²) in [6.45, 7) is 6.46. The van der Waals surface area contributed by atoms with E-state index in [4.69, 9.17) is 4.74 Å². The van der Waals surface area contributed by atoms with Crippen LogP contribution in [0.15, 0.2) is 24.3 Å². The molecule has 120 valence electrons. The summed E-state index contributed by atoms with van der Waals surface area (Å²) in [5.41, 5.74) is 1.26. The van der Waals surface area contributed by atoms with E-state index in [1.807, 2.05) is 4.90 Å². The normalized spacial score (nSPS) is 24.0. The van der Waals surface area contributed by atoms with Crippen molar-refractivity contribution >= 4 is 34.4 Å². The molecule has 3 rings (SSSR count). The Labute approximate surface area is 145 Å². The van der Waals surface area contributed by atoms with E-state index in [1.54, 1.807) is 0 Å². The number of fused-ring (bicyclic) bond motifs is 2. The summed E-state index contributed by atoms with van der Waals surface area (Å²) < 4.78 is 6.70. The zero-order valence-corrected chi connectivity index (χ0v) is 15.3. The van der Waals surface area contributed by atoms with Crippen LogP contribution in [0, 0.1) is 9.49 Å². The molecule has 1 amide bonds. The van der Waals surface area contributed by atoms with Crippen LogP contribution < -0.4 is 4.90 Å². The van der Waals surface area contributed by atoms with Gasteiger partial charge in [0.15, 0.2) is 0 Å². The molecule has 5 heteroatoms. The van der Waals surface area contributed by atoms with Gasteiger partial charge in [0.1, 0.15) is 0 Å². The molecule has 4 nitrogen and oxygen atoms in total. The summed E-state index contributed by atoms with van der Waals surface area (Å²) in [6.07, 6.45) is 2.05. The molecule has 2 saturated heterocycles. The van der Waals surface area contributed by atoms with E-state index < -0.39 is 0 Å². The Bertz CT molecular complexity index is 518. The SMILES string of the molecule is CC(C)COC(=O)N1C2CCC1CN(c1ccc(I)cc1)C2. The van der Waals surface area contributed by atoms with E-state index in [9.17, 15) is 4.79 Å². The maximum atomic E-state index is 12.3. The summed E-state index contributed by atoms with van der Waals surface area (Å²) in [5.74, 6) is 0.384. The minimum Gasteiger partial charge on any atom is -0.449 e. The number of hydrogen-bond donors (Lipinski definition) is 0. The fraction of sp³-hybridized carbons (Fsp3) is 0.588. The number of ether oxygens (including phenoxy) is 1. The van der Waals surface area contributed by atoms with E-state index in [-0.39, 0.29) is 18.2 Å². The molecule has 0 aliphatic carbocycles. The van der Waals surface area contributed by atoms with Gasteiger partial charge in [-0.3, -0.25) is 4.90 Å². The average molecular weight is 414 g/mol. The van der Waals surface area contributed by atoms with Gasteiger partial charge in [0.05, 0.1) is 18.7 Å². The van der Waals surface area contributed by atoms with Gasteiger partial charge >= 0.3 is 6.09 Å². The number of piperazine rings is 1. The second-order valence-electron chi connectivity index (χ2n) is 6.64. The van der Waals surface area contributed by atoms with Crippen molar-refractivity contribution in [3.63, 3.8) is 0 Å². The maximum absolute atomic E-state index is 12.3. The monoisotopic (exact) mass is 414 g/mol. The van der Waals surface area contributed by atoms with Crippen LogP contribution in [-0.4, -0.2) is 42.8 Å². The van der Waals surface area contributed by atoms with Crippen LogP contribution in [-0.2, 0) is 4.74 Å². The van der Waals surface area contributed by atoms with E-state index >= 15 is 0 Å². The number of rotatable bonds is 3. The smallest absolute Gasteiger partial charge is 0.410 e. The predicted molar refractivity (Wildman–Crippen MR) is 96.2 cm³/mol. The van der Waals surface area contributed by atoms with E-state index in [2.05, 4.69) is 65.6 Å². The van der Waals surface area contributed by atoms with Crippen LogP contribution in [0.4, 0.5) is 10.5 Å². The molecule has 2 unspecified atom stereocenters. The number of carbonyl (C=O) groups excluding carboxylic acids is 1. The van der Waals surface area contributed by atoms with Gasteiger partial charge in [-0.15, -0.1) is 0 Å². The van der Waals surface area contributed by atoms with Crippen LogP contribution in [0.25, 0.3) is 0 Å². The second-order valence-corrected chi connectivity index (χ2v) is 7.89. The lowest BCUT2D eigenvalue weighted by Gasteiger charge is -2.41. The van der Waals surface area contributed by atoms with Gasteiger partial charge < -0.3 is 9.64 Å². The number of hydrogen-bond acceptors (Lipinski definition) is 3. The molecule has 0 saturated carbocycles. The molecule has 0 radical (unpaired) electrons. The maximum Gasteiger partial charge on any atom is 0.410 e. The minimum atomic E-state index is -0.122. The standard InChI is InChI=1S/C17H23IN2O2/c1-12(2)11-22-17(21)20-15-7-8-16(20)10-19(9-15)14-5-3-13(18)4-6-14/h3-6,12,15-16H,7-11H2,1-2H3. The van der Waals surface area contributed by atoms with Crippen molar-refractivity contribution in [3.8, 4) is 0 Å². The third kappa shape index (κ3) is 3.34. The molecule has 1 aromatic carbocycles. The molecule has 0 N–H and O–H groups in total. The summed E-state index contributed by atoms with van der Waals surface area (Å²) in [6, 6.07) is 9.21. The van der Waals surface area contributed by atoms with Crippen LogP contribution in [0.3, 0.4) is 0 Å². The highest BCUT2D eigenvalue weighted by Gasteiger charge is 2.43. The number of carbonyl (C=O) groups is 1. The first-order chi connectivity index (χ1) is 10.5. The fourth-order valence-electron chi connectivity index (χ4n) is 3.38. The number of amides is 1. The molecular formula is C17H23IN2O2. The quantitative estimate of drug-likeness (QED) is 0.707. The Hall–Kier alpha value is -0.980. The molecule has 0 aromatic heterocycles. The van der Waals surface area contributed by atoms with Crippen LogP contribution in [0.2, 0.25) is 0 Å². The van der Waals surface area contributed by atoms with E-state index in [1.165, 1.54) is 9.26 Å². The minimum absolute atomic E-state index is 0.122. The fourth-order valence-corrected chi connectivity index (χ4v) is 3.74. The highest BCUT2D eigenvalue weighted by molar-refractivity contribution is 14.1. The molecule has 2 heterocycles. The van der Waals surface area contributed by atoms with Gasteiger partial charge in [-0.05, 0) is 65.6 Å². The molecule has 2 atom stereocenters. The van der Waals surface area contributed by atoms with Gasteiger partial charge in [0.2, 0.25) is 0 Å². The Kier molecular flexibility index (Phi) is 4.80. The third-order valence-electron chi connectivity index (χ3n) is 4.42. The van der Waals surface area contributed by atoms with E-state index in [0.29, 0.717) is 12.5 Å². The molecular weight excluding hydrogens is 391 g/mol. The summed E-state index contributed by atoms with van der Waals surface area (Å²) in [7, 11) is 0. The van der Waals surface area contributed by atoms with Gasteiger partial charge in [-0.2, -0.15) is 0 Å². The highest BCUT2D eigenvalue weighted by Crippen LogP contribution is 2.33. The molecule has 2 fully saturated rings. The predicted octanol–water partition coefficient (Wildman–Crippen LogP) is 3.74. The Morgan fingerprint density at radius 2 is 1.82 bits per heavy atom. The first-order valence-corrected chi connectivity index (χ1v) is 9.08. The number of anilines is 1. The molecule has 2 aliphatic rings. The lowest BCUT2D eigenvalue weighted by atomic mass is 10.1. The molecule has 0 spiro atoms. The van der Waals surface area contributed by atoms with Gasteiger partial charge in [0.25, 0.3) is 0 Å². The second kappa shape index (κ2) is 6.64. The highest BCUT2D eigenvalue weighted by atomic mass is 127. The zero-order chi connectivity index (χ0) is 15.7. The Balaban J connectivity index is 1.66. The summed E-state index contributed by atoms with van der Waals surface area (Å²) >= 11 is 2.33. The van der Waals surface area contributed by atoms with Crippen molar-refractivity contribution in [1.82, 2.24) is 4.90 Å². The molecule has 2 bridgehead atoms. The largest absolute Gasteiger partial charge is 0.449 e. The van der Waals surface area contributed by atoms with Crippen molar-refractivity contribution in [2.45, 2.75) is 38.8 Å². The molecule has 1 aromatic rings. The van der Waals surface area contributed by atoms with E-state index in [0.717, 1.165) is 25.9 Å². The van der Waals surface area contributed by atoms with Crippen molar-refractivity contribution in [2.75, 3.05) is 24.6 Å². The van der Waals surface area contributed by atoms with Crippen molar-refractivity contribution in [1.29, 1.82) is 0 Å². The van der Waals surface area contributed by atoms with Crippen LogP contribution in [0.5, 0.6) is 0 Å². The van der Waals surface area contributed by atoms with Crippen molar-refractivity contribution in [3.05, 3.63) is 27.8 Å². The number of benzene rings is 1. The topological polar surface area (TPSA) is 32.8 Å². The Morgan fingerprint density at radius 1 is 1.23 bits per heavy atom. The lowest BCUT2D eigenvalue weighted by Crippen LogP contribution is -2.56. The molecule has 2 aliphatic heterocycles. The first kappa shape index (κ1) is 15.9. The van der Waals surface area contributed by atoms with Crippen LogP contribution >= 0.6 is 22.6 Å². The lowest BCUT2D eigenvalue weighted by molar-refractivity contribution is 0.0704. The van der Waals surface area contributed by atoms with Crippen LogP contribution in [0.1, 0.15) is 26.7 Å². The summed E-state index contributed by atoms with van der Waals surface area (Å²) in [5, 5.41) is 0. The third-order valence-corrected chi connectivity index (χ3v) is 5.14. The van der Waals surface area contributed by atoms with Crippen molar-refractivity contribution < 1.29 is 9.53 Å². The zero-order valence-electron chi connectivity index (χ0n) is 13.2. The Morgan fingerprint density at radius 3 is 2.36 bits per heavy atom.